The summed E-state index contributed by atoms with van der Waals surface area (Å²) in [5, 5.41) is 3.49. The topological polar surface area (TPSA) is 46.6 Å². The molecule has 1 fully saturated rings. The van der Waals surface area contributed by atoms with Crippen LogP contribution >= 0.6 is 12.4 Å². The number of halogens is 1. The number of para-hydroxylation sites is 1. The molecule has 1 aromatic carbocycles. The van der Waals surface area contributed by atoms with Crippen molar-refractivity contribution in [1.29, 1.82) is 0 Å². The van der Waals surface area contributed by atoms with E-state index in [-0.39, 0.29) is 18.4 Å². The van der Waals surface area contributed by atoms with Gasteiger partial charge >= 0.3 is 0 Å². The smallest absolute Gasteiger partial charge is 0.123 e. The SMILES string of the molecule is COc1cc(C)nc(CN2CCNCC2c2ccccc2OC)c1.Cl. The lowest BCUT2D eigenvalue weighted by molar-refractivity contribution is 0.149. The molecule has 136 valence electrons. The van der Waals surface area contributed by atoms with Gasteiger partial charge in [0.05, 0.1) is 26.0 Å². The van der Waals surface area contributed by atoms with Crippen LogP contribution in [-0.2, 0) is 6.54 Å². The van der Waals surface area contributed by atoms with Gasteiger partial charge in [-0.25, -0.2) is 0 Å². The van der Waals surface area contributed by atoms with Crippen molar-refractivity contribution < 1.29 is 9.47 Å². The normalized spacial score (nSPS) is 17.6. The second kappa shape index (κ2) is 9.04. The number of benzene rings is 1. The zero-order chi connectivity index (χ0) is 16.9. The van der Waals surface area contributed by atoms with E-state index in [0.717, 1.165) is 49.1 Å². The van der Waals surface area contributed by atoms with E-state index in [1.165, 1.54) is 5.56 Å². The summed E-state index contributed by atoms with van der Waals surface area (Å²) in [6.07, 6.45) is 0. The van der Waals surface area contributed by atoms with Gasteiger partial charge in [-0.15, -0.1) is 12.4 Å². The molecule has 2 aromatic rings. The molecule has 1 aliphatic heterocycles. The van der Waals surface area contributed by atoms with Crippen LogP contribution in [0, 0.1) is 6.92 Å². The molecule has 3 rings (SSSR count). The summed E-state index contributed by atoms with van der Waals surface area (Å²) in [5.41, 5.74) is 3.23. The van der Waals surface area contributed by atoms with E-state index in [1.807, 2.05) is 31.2 Å². The Morgan fingerprint density at radius 1 is 1.20 bits per heavy atom. The van der Waals surface area contributed by atoms with Crippen molar-refractivity contribution in [1.82, 2.24) is 15.2 Å². The molecule has 0 spiro atoms. The van der Waals surface area contributed by atoms with Crippen LogP contribution in [0.25, 0.3) is 0 Å². The maximum Gasteiger partial charge on any atom is 0.123 e. The van der Waals surface area contributed by atoms with E-state index >= 15 is 0 Å². The van der Waals surface area contributed by atoms with Crippen molar-refractivity contribution >= 4 is 12.4 Å². The largest absolute Gasteiger partial charge is 0.497 e. The monoisotopic (exact) mass is 363 g/mol. The molecule has 1 aromatic heterocycles. The quantitative estimate of drug-likeness (QED) is 0.884. The Balaban J connectivity index is 0.00000225. The molecular formula is C19H26ClN3O2. The third-order valence-electron chi connectivity index (χ3n) is 4.43. The first kappa shape index (κ1) is 19.5. The molecule has 25 heavy (non-hydrogen) atoms. The lowest BCUT2D eigenvalue weighted by Crippen LogP contribution is -2.45. The van der Waals surface area contributed by atoms with Crippen molar-refractivity contribution in [3.05, 3.63) is 53.3 Å². The molecule has 0 amide bonds. The molecule has 2 heterocycles. The molecule has 6 heteroatoms. The molecule has 0 radical (unpaired) electrons. The van der Waals surface area contributed by atoms with Crippen molar-refractivity contribution in [3.8, 4) is 11.5 Å². The summed E-state index contributed by atoms with van der Waals surface area (Å²) in [7, 11) is 3.42. The van der Waals surface area contributed by atoms with Gasteiger partial charge in [0.25, 0.3) is 0 Å². The summed E-state index contributed by atoms with van der Waals surface area (Å²) in [6, 6.07) is 12.5. The Morgan fingerprint density at radius 2 is 2.00 bits per heavy atom. The average molecular weight is 364 g/mol. The molecule has 5 nitrogen and oxygen atoms in total. The van der Waals surface area contributed by atoms with E-state index in [0.29, 0.717) is 0 Å². The Labute approximate surface area is 155 Å². The molecule has 0 bridgehead atoms. The molecule has 1 atom stereocenters. The molecule has 1 N–H and O–H groups in total. The highest BCUT2D eigenvalue weighted by Gasteiger charge is 2.26. The van der Waals surface area contributed by atoms with Crippen molar-refractivity contribution in [2.24, 2.45) is 0 Å². The Bertz CT molecular complexity index is 696. The van der Waals surface area contributed by atoms with Gasteiger partial charge in [-0.3, -0.25) is 9.88 Å². The Morgan fingerprint density at radius 3 is 2.76 bits per heavy atom. The van der Waals surface area contributed by atoms with Crippen molar-refractivity contribution in [2.75, 3.05) is 33.9 Å². The first-order valence-corrected chi connectivity index (χ1v) is 8.30. The van der Waals surface area contributed by atoms with E-state index in [9.17, 15) is 0 Å². The fraction of sp³-hybridized carbons (Fsp3) is 0.421. The summed E-state index contributed by atoms with van der Waals surface area (Å²) in [6.45, 7) is 5.66. The minimum atomic E-state index is 0. The summed E-state index contributed by atoms with van der Waals surface area (Å²) >= 11 is 0. The maximum absolute atomic E-state index is 5.56. The van der Waals surface area contributed by atoms with Crippen molar-refractivity contribution in [2.45, 2.75) is 19.5 Å². The fourth-order valence-corrected chi connectivity index (χ4v) is 3.29. The number of aromatic nitrogens is 1. The first-order chi connectivity index (χ1) is 11.7. The van der Waals surface area contributed by atoms with Crippen LogP contribution in [0.5, 0.6) is 11.5 Å². The van der Waals surface area contributed by atoms with Crippen LogP contribution in [-0.4, -0.2) is 43.7 Å². The number of rotatable bonds is 5. The van der Waals surface area contributed by atoms with Gasteiger partial charge < -0.3 is 14.8 Å². The number of methoxy groups -OCH3 is 2. The van der Waals surface area contributed by atoms with Gasteiger partial charge in [0.2, 0.25) is 0 Å². The highest BCUT2D eigenvalue weighted by atomic mass is 35.5. The highest BCUT2D eigenvalue weighted by molar-refractivity contribution is 5.85. The van der Waals surface area contributed by atoms with Gasteiger partial charge in [-0.1, -0.05) is 18.2 Å². The van der Waals surface area contributed by atoms with Crippen LogP contribution in [0.15, 0.2) is 36.4 Å². The average Bonchev–Trinajstić information content (AvgIpc) is 2.61. The number of aryl methyl sites for hydroxylation is 1. The number of hydrogen-bond acceptors (Lipinski definition) is 5. The third kappa shape index (κ3) is 4.63. The number of pyridine rings is 1. The minimum Gasteiger partial charge on any atom is -0.497 e. The zero-order valence-electron chi connectivity index (χ0n) is 15.0. The summed E-state index contributed by atoms with van der Waals surface area (Å²) in [5.74, 6) is 1.80. The summed E-state index contributed by atoms with van der Waals surface area (Å²) in [4.78, 5) is 7.13. The highest BCUT2D eigenvalue weighted by Crippen LogP contribution is 2.31. The molecule has 1 aliphatic rings. The number of nitrogens with one attached hydrogen (secondary N) is 1. The van der Waals surface area contributed by atoms with Gasteiger partial charge in [-0.2, -0.15) is 0 Å². The molecule has 1 saturated heterocycles. The van der Waals surface area contributed by atoms with Gasteiger partial charge in [-0.05, 0) is 13.0 Å². The number of ether oxygens (including phenoxy) is 2. The number of piperazine rings is 1. The molecule has 1 unspecified atom stereocenters. The predicted octanol–water partition coefficient (Wildman–Crippen LogP) is 2.98. The van der Waals surface area contributed by atoms with Crippen LogP contribution in [0.1, 0.15) is 23.0 Å². The number of hydrogen-bond donors (Lipinski definition) is 1. The molecule has 0 aliphatic carbocycles. The third-order valence-corrected chi connectivity index (χ3v) is 4.43. The van der Waals surface area contributed by atoms with Crippen LogP contribution in [0.4, 0.5) is 0 Å². The molecule has 0 saturated carbocycles. The van der Waals surface area contributed by atoms with Crippen LogP contribution in [0.2, 0.25) is 0 Å². The van der Waals surface area contributed by atoms with Gasteiger partial charge in [0.15, 0.2) is 0 Å². The lowest BCUT2D eigenvalue weighted by atomic mass is 10.0. The lowest BCUT2D eigenvalue weighted by Gasteiger charge is -2.36. The van der Waals surface area contributed by atoms with E-state index < -0.39 is 0 Å². The second-order valence-corrected chi connectivity index (χ2v) is 6.07. The zero-order valence-corrected chi connectivity index (χ0v) is 15.8. The maximum atomic E-state index is 5.56. The second-order valence-electron chi connectivity index (χ2n) is 6.07. The Kier molecular flexibility index (Phi) is 7.05. The van der Waals surface area contributed by atoms with E-state index in [1.54, 1.807) is 14.2 Å². The van der Waals surface area contributed by atoms with Crippen molar-refractivity contribution in [3.63, 3.8) is 0 Å². The fourth-order valence-electron chi connectivity index (χ4n) is 3.29. The van der Waals surface area contributed by atoms with Crippen LogP contribution < -0.4 is 14.8 Å². The molecular weight excluding hydrogens is 338 g/mol. The number of nitrogens with zero attached hydrogens (tertiary/aromatic N) is 2. The van der Waals surface area contributed by atoms with Gasteiger partial charge in [0, 0.05) is 49.6 Å². The summed E-state index contributed by atoms with van der Waals surface area (Å²) < 4.78 is 10.9. The van der Waals surface area contributed by atoms with Crippen LogP contribution in [0.3, 0.4) is 0 Å². The predicted molar refractivity (Wildman–Crippen MR) is 102 cm³/mol. The first-order valence-electron chi connectivity index (χ1n) is 8.30. The van der Waals surface area contributed by atoms with E-state index in [4.69, 9.17) is 9.47 Å². The van der Waals surface area contributed by atoms with E-state index in [2.05, 4.69) is 27.3 Å². The minimum absolute atomic E-state index is 0. The standard InChI is InChI=1S/C19H25N3O2.ClH/c1-14-10-16(23-2)11-15(21-14)13-22-9-8-20-12-18(22)17-6-4-5-7-19(17)24-3;/h4-7,10-11,18,20H,8-9,12-13H2,1-3H3;1H. The Hall–Kier alpha value is -1.82. The van der Waals surface area contributed by atoms with Gasteiger partial charge in [0.1, 0.15) is 11.5 Å².